The van der Waals surface area contributed by atoms with Gasteiger partial charge in [-0.25, -0.2) is 0 Å². The Balaban J connectivity index is 1.36. The fourth-order valence-corrected chi connectivity index (χ4v) is 4.13. The van der Waals surface area contributed by atoms with E-state index in [0.29, 0.717) is 18.0 Å². The number of aromatic nitrogens is 5. The lowest BCUT2D eigenvalue weighted by Crippen LogP contribution is -2.39. The summed E-state index contributed by atoms with van der Waals surface area (Å²) in [5.41, 5.74) is 0.849. The quantitative estimate of drug-likeness (QED) is 0.805. The van der Waals surface area contributed by atoms with Crippen LogP contribution in [0.4, 0.5) is 0 Å². The molecule has 2 aromatic rings. The van der Waals surface area contributed by atoms with Crippen LogP contribution >= 0.6 is 0 Å². The van der Waals surface area contributed by atoms with Crippen molar-refractivity contribution in [1.29, 1.82) is 0 Å². The first-order valence-corrected chi connectivity index (χ1v) is 9.43. The van der Waals surface area contributed by atoms with Crippen LogP contribution < -0.4 is 5.32 Å². The normalized spacial score (nSPS) is 24.4. The number of nitrogens with one attached hydrogen (secondary N) is 1. The van der Waals surface area contributed by atoms with Crippen LogP contribution in [-0.2, 0) is 20.0 Å². The molecular formula is C18H26N6O2. The Morgan fingerprint density at radius 2 is 2.23 bits per heavy atom. The molecule has 2 aliphatic carbocycles. The van der Waals surface area contributed by atoms with E-state index < -0.39 is 5.60 Å². The molecule has 0 aliphatic heterocycles. The Kier molecular flexibility index (Phi) is 4.52. The van der Waals surface area contributed by atoms with Crippen molar-refractivity contribution in [3.63, 3.8) is 0 Å². The summed E-state index contributed by atoms with van der Waals surface area (Å²) in [5.74, 6) is 0.266. The largest absolute Gasteiger partial charge is 0.389 e. The number of aliphatic hydroxyl groups is 1. The first kappa shape index (κ1) is 17.2. The molecule has 140 valence electrons. The number of hydrogen-bond acceptors (Lipinski definition) is 5. The van der Waals surface area contributed by atoms with Gasteiger partial charge in [0.15, 0.2) is 0 Å². The molecule has 0 spiro atoms. The molecule has 2 fully saturated rings. The van der Waals surface area contributed by atoms with E-state index in [-0.39, 0.29) is 11.9 Å². The molecule has 8 heteroatoms. The molecule has 0 saturated heterocycles. The van der Waals surface area contributed by atoms with E-state index >= 15 is 0 Å². The number of hydrogen-bond donors (Lipinski definition) is 2. The fraction of sp³-hybridized carbons (Fsp3) is 0.667. The first-order valence-electron chi connectivity index (χ1n) is 9.43. The number of amides is 1. The van der Waals surface area contributed by atoms with Gasteiger partial charge in [-0.3, -0.25) is 14.2 Å². The summed E-state index contributed by atoms with van der Waals surface area (Å²) in [6, 6.07) is 1.87. The third kappa shape index (κ3) is 3.51. The van der Waals surface area contributed by atoms with E-state index in [1.54, 1.807) is 24.0 Å². The Hall–Kier alpha value is -2.22. The van der Waals surface area contributed by atoms with Crippen LogP contribution in [0.2, 0.25) is 0 Å². The minimum Gasteiger partial charge on any atom is -0.389 e. The van der Waals surface area contributed by atoms with Crippen molar-refractivity contribution < 1.29 is 9.90 Å². The van der Waals surface area contributed by atoms with Crippen molar-refractivity contribution in [2.75, 3.05) is 0 Å². The maximum absolute atomic E-state index is 12.4. The van der Waals surface area contributed by atoms with Crippen LogP contribution in [0.5, 0.6) is 0 Å². The van der Waals surface area contributed by atoms with E-state index in [9.17, 15) is 9.90 Å². The lowest BCUT2D eigenvalue weighted by Gasteiger charge is -2.35. The van der Waals surface area contributed by atoms with Crippen molar-refractivity contribution >= 4 is 5.91 Å². The van der Waals surface area contributed by atoms with Gasteiger partial charge in [-0.1, -0.05) is 11.6 Å². The third-order valence-corrected chi connectivity index (χ3v) is 5.83. The number of carbonyl (C=O) groups excluding carboxylic acids is 1. The second-order valence-electron chi connectivity index (χ2n) is 7.80. The predicted octanol–water partition coefficient (Wildman–Crippen LogP) is 1.07. The zero-order valence-electron chi connectivity index (χ0n) is 15.1. The van der Waals surface area contributed by atoms with Crippen molar-refractivity contribution in [2.24, 2.45) is 13.0 Å². The average Bonchev–Trinajstić information content (AvgIpc) is 3.29. The number of rotatable bonds is 6. The SMILES string of the molecule is Cn1nccc1C(=O)N[C@@H]1CCC[C@@H]1Cn1cc(CC2(O)CCC2)nn1. The smallest absolute Gasteiger partial charge is 0.269 e. The summed E-state index contributed by atoms with van der Waals surface area (Å²) < 4.78 is 3.45. The molecule has 0 bridgehead atoms. The molecule has 2 N–H and O–H groups in total. The molecular weight excluding hydrogens is 332 g/mol. The molecule has 4 rings (SSSR count). The van der Waals surface area contributed by atoms with E-state index in [2.05, 4.69) is 20.7 Å². The van der Waals surface area contributed by atoms with Gasteiger partial charge >= 0.3 is 0 Å². The highest BCUT2D eigenvalue weighted by Crippen LogP contribution is 2.34. The lowest BCUT2D eigenvalue weighted by atomic mass is 9.77. The molecule has 0 unspecified atom stereocenters. The third-order valence-electron chi connectivity index (χ3n) is 5.83. The van der Waals surface area contributed by atoms with Crippen molar-refractivity contribution in [1.82, 2.24) is 30.1 Å². The average molecular weight is 358 g/mol. The summed E-state index contributed by atoms with van der Waals surface area (Å²) in [4.78, 5) is 12.4. The molecule has 2 heterocycles. The van der Waals surface area contributed by atoms with Crippen molar-refractivity contribution in [3.05, 3.63) is 29.8 Å². The topological polar surface area (TPSA) is 97.9 Å². The van der Waals surface area contributed by atoms with Crippen LogP contribution in [0.3, 0.4) is 0 Å². The second-order valence-corrected chi connectivity index (χ2v) is 7.80. The van der Waals surface area contributed by atoms with Gasteiger partial charge in [0.1, 0.15) is 5.69 Å². The van der Waals surface area contributed by atoms with Gasteiger partial charge in [-0.2, -0.15) is 5.10 Å². The highest BCUT2D eigenvalue weighted by atomic mass is 16.3. The molecule has 8 nitrogen and oxygen atoms in total. The molecule has 2 aliphatic rings. The number of nitrogens with zero attached hydrogens (tertiary/aromatic N) is 5. The highest BCUT2D eigenvalue weighted by Gasteiger charge is 2.35. The van der Waals surface area contributed by atoms with Gasteiger partial charge in [0.2, 0.25) is 0 Å². The van der Waals surface area contributed by atoms with Crippen molar-refractivity contribution in [3.8, 4) is 0 Å². The maximum atomic E-state index is 12.4. The molecule has 0 radical (unpaired) electrons. The minimum absolute atomic E-state index is 0.0756. The number of carbonyl (C=O) groups is 1. The minimum atomic E-state index is -0.576. The van der Waals surface area contributed by atoms with Gasteiger partial charge < -0.3 is 10.4 Å². The van der Waals surface area contributed by atoms with Gasteiger partial charge in [0.25, 0.3) is 5.91 Å². The Bertz CT molecular complexity index is 778. The van der Waals surface area contributed by atoms with Gasteiger partial charge in [0, 0.05) is 38.4 Å². The van der Waals surface area contributed by atoms with E-state index in [0.717, 1.165) is 50.8 Å². The first-order chi connectivity index (χ1) is 12.5. The van der Waals surface area contributed by atoms with E-state index in [1.165, 1.54) is 0 Å². The van der Waals surface area contributed by atoms with Crippen LogP contribution in [0, 0.1) is 5.92 Å². The van der Waals surface area contributed by atoms with Crippen LogP contribution in [0.25, 0.3) is 0 Å². The lowest BCUT2D eigenvalue weighted by molar-refractivity contribution is -0.0330. The van der Waals surface area contributed by atoms with Crippen LogP contribution in [0.1, 0.15) is 54.7 Å². The molecule has 2 saturated carbocycles. The molecule has 2 atom stereocenters. The van der Waals surface area contributed by atoms with Crippen LogP contribution in [0.15, 0.2) is 18.5 Å². The van der Waals surface area contributed by atoms with Crippen LogP contribution in [-0.4, -0.2) is 47.4 Å². The van der Waals surface area contributed by atoms with Crippen molar-refractivity contribution in [2.45, 2.75) is 63.1 Å². The summed E-state index contributed by atoms with van der Waals surface area (Å²) in [5, 5.41) is 25.9. The summed E-state index contributed by atoms with van der Waals surface area (Å²) in [6.45, 7) is 0.738. The molecule has 1 amide bonds. The molecule has 26 heavy (non-hydrogen) atoms. The summed E-state index contributed by atoms with van der Waals surface area (Å²) in [7, 11) is 1.77. The zero-order chi connectivity index (χ0) is 18.1. The molecule has 0 aromatic carbocycles. The van der Waals surface area contributed by atoms with Gasteiger partial charge in [-0.15, -0.1) is 5.10 Å². The predicted molar refractivity (Wildman–Crippen MR) is 94.3 cm³/mol. The molecule has 2 aromatic heterocycles. The summed E-state index contributed by atoms with van der Waals surface area (Å²) >= 11 is 0. The fourth-order valence-electron chi connectivity index (χ4n) is 4.13. The monoisotopic (exact) mass is 358 g/mol. The standard InChI is InChI=1S/C18H26N6O2/c1-23-16(6-9-19-23)17(25)20-15-5-2-4-13(15)11-24-12-14(21-22-24)10-18(26)7-3-8-18/h6,9,12-13,15,26H,2-5,7-8,10-11H2,1H3,(H,20,25)/t13-,15-/m1/s1. The number of aryl methyl sites for hydroxylation is 1. The van der Waals surface area contributed by atoms with E-state index in [4.69, 9.17) is 0 Å². The van der Waals surface area contributed by atoms with Gasteiger partial charge in [-0.05, 0) is 44.1 Å². The zero-order valence-corrected chi connectivity index (χ0v) is 15.1. The Morgan fingerprint density at radius 1 is 1.38 bits per heavy atom. The summed E-state index contributed by atoms with van der Waals surface area (Å²) in [6.07, 6.45) is 10.1. The second kappa shape index (κ2) is 6.83. The Morgan fingerprint density at radius 3 is 2.92 bits per heavy atom. The van der Waals surface area contributed by atoms with Gasteiger partial charge in [0.05, 0.1) is 11.3 Å². The Labute approximate surface area is 152 Å². The highest BCUT2D eigenvalue weighted by molar-refractivity contribution is 5.92. The van der Waals surface area contributed by atoms with E-state index in [1.807, 2.05) is 10.9 Å². The maximum Gasteiger partial charge on any atom is 0.269 e.